The SMILES string of the molecule is CC1(C)Oc2ccccc2-c2nc(-c3cn[nH]c3N)sc21. The Morgan fingerprint density at radius 2 is 2.05 bits per heavy atom. The van der Waals surface area contributed by atoms with E-state index >= 15 is 0 Å². The fraction of sp³-hybridized carbons (Fsp3) is 0.200. The van der Waals surface area contributed by atoms with E-state index in [9.17, 15) is 0 Å². The summed E-state index contributed by atoms with van der Waals surface area (Å²) in [6.45, 7) is 4.12. The Kier molecular flexibility index (Phi) is 2.41. The molecule has 0 radical (unpaired) electrons. The van der Waals surface area contributed by atoms with Crippen LogP contribution in [0.1, 0.15) is 18.7 Å². The second-order valence-corrected chi connectivity index (χ2v) is 6.50. The highest BCUT2D eigenvalue weighted by Gasteiger charge is 2.36. The maximum absolute atomic E-state index is 6.12. The van der Waals surface area contributed by atoms with E-state index in [1.165, 1.54) is 0 Å². The third kappa shape index (κ3) is 1.76. The van der Waals surface area contributed by atoms with Crippen molar-refractivity contribution in [3.05, 3.63) is 35.3 Å². The van der Waals surface area contributed by atoms with Gasteiger partial charge in [-0.05, 0) is 26.0 Å². The van der Waals surface area contributed by atoms with Gasteiger partial charge in [0, 0.05) is 5.56 Å². The van der Waals surface area contributed by atoms with Crippen LogP contribution in [-0.4, -0.2) is 15.2 Å². The van der Waals surface area contributed by atoms with Crippen LogP contribution >= 0.6 is 11.3 Å². The molecule has 6 heteroatoms. The van der Waals surface area contributed by atoms with Gasteiger partial charge in [0.1, 0.15) is 22.2 Å². The maximum Gasteiger partial charge on any atom is 0.140 e. The summed E-state index contributed by atoms with van der Waals surface area (Å²) >= 11 is 1.60. The van der Waals surface area contributed by atoms with Gasteiger partial charge in [0.05, 0.1) is 22.3 Å². The quantitative estimate of drug-likeness (QED) is 0.721. The smallest absolute Gasteiger partial charge is 0.140 e. The summed E-state index contributed by atoms with van der Waals surface area (Å²) in [5, 5.41) is 7.58. The van der Waals surface area contributed by atoms with Crippen molar-refractivity contribution in [1.29, 1.82) is 0 Å². The Bertz CT molecular complexity index is 834. The number of aromatic nitrogens is 3. The van der Waals surface area contributed by atoms with Gasteiger partial charge in [-0.2, -0.15) is 5.10 Å². The minimum absolute atomic E-state index is 0.405. The molecule has 0 aliphatic carbocycles. The highest BCUT2D eigenvalue weighted by molar-refractivity contribution is 7.15. The van der Waals surface area contributed by atoms with Crippen molar-refractivity contribution in [3.8, 4) is 27.6 Å². The van der Waals surface area contributed by atoms with E-state index in [4.69, 9.17) is 15.5 Å². The van der Waals surface area contributed by atoms with Gasteiger partial charge in [0.2, 0.25) is 0 Å². The van der Waals surface area contributed by atoms with E-state index in [1.807, 2.05) is 24.3 Å². The highest BCUT2D eigenvalue weighted by atomic mass is 32.1. The molecule has 0 saturated carbocycles. The van der Waals surface area contributed by atoms with Crippen molar-refractivity contribution < 1.29 is 4.74 Å². The minimum Gasteiger partial charge on any atom is -0.482 e. The number of nitrogens with zero attached hydrogens (tertiary/aromatic N) is 2. The number of hydrogen-bond acceptors (Lipinski definition) is 5. The number of hydrogen-bond donors (Lipinski definition) is 2. The largest absolute Gasteiger partial charge is 0.482 e. The van der Waals surface area contributed by atoms with E-state index in [1.54, 1.807) is 17.5 Å². The van der Waals surface area contributed by atoms with Gasteiger partial charge in [0.15, 0.2) is 0 Å². The summed E-state index contributed by atoms with van der Waals surface area (Å²) in [4.78, 5) is 5.90. The summed E-state index contributed by atoms with van der Waals surface area (Å²) < 4.78 is 6.12. The van der Waals surface area contributed by atoms with Gasteiger partial charge < -0.3 is 10.5 Å². The van der Waals surface area contributed by atoms with Gasteiger partial charge in [-0.3, -0.25) is 5.10 Å². The molecular formula is C15H14N4OS. The molecule has 0 amide bonds. The fourth-order valence-corrected chi connectivity index (χ4v) is 3.71. The van der Waals surface area contributed by atoms with Crippen molar-refractivity contribution in [2.24, 2.45) is 0 Å². The number of anilines is 1. The molecule has 0 bridgehead atoms. The summed E-state index contributed by atoms with van der Waals surface area (Å²) in [6.07, 6.45) is 1.71. The van der Waals surface area contributed by atoms with Gasteiger partial charge in [-0.15, -0.1) is 11.3 Å². The van der Waals surface area contributed by atoms with E-state index in [0.717, 1.165) is 32.5 Å². The van der Waals surface area contributed by atoms with Crippen LogP contribution in [0.3, 0.4) is 0 Å². The van der Waals surface area contributed by atoms with Gasteiger partial charge >= 0.3 is 0 Å². The van der Waals surface area contributed by atoms with E-state index in [-0.39, 0.29) is 0 Å². The Hall–Kier alpha value is -2.34. The number of nitrogen functional groups attached to an aromatic ring is 1. The molecule has 5 nitrogen and oxygen atoms in total. The van der Waals surface area contributed by atoms with Crippen LogP contribution in [0.25, 0.3) is 21.8 Å². The molecule has 0 spiro atoms. The number of H-pyrrole nitrogens is 1. The highest BCUT2D eigenvalue weighted by Crippen LogP contribution is 2.48. The normalized spacial score (nSPS) is 15.1. The van der Waals surface area contributed by atoms with Crippen LogP contribution in [0.2, 0.25) is 0 Å². The number of benzene rings is 1. The fourth-order valence-electron chi connectivity index (χ4n) is 2.57. The molecule has 3 aromatic rings. The average molecular weight is 298 g/mol. The molecule has 0 fully saturated rings. The Morgan fingerprint density at radius 1 is 1.24 bits per heavy atom. The lowest BCUT2D eigenvalue weighted by Crippen LogP contribution is -2.27. The molecular weight excluding hydrogens is 284 g/mol. The van der Waals surface area contributed by atoms with Crippen LogP contribution in [0.15, 0.2) is 30.5 Å². The third-order valence-corrected chi connectivity index (χ3v) is 4.97. The summed E-state index contributed by atoms with van der Waals surface area (Å²) in [5.74, 6) is 1.40. The number of para-hydroxylation sites is 1. The molecule has 0 saturated heterocycles. The van der Waals surface area contributed by atoms with Crippen molar-refractivity contribution >= 4 is 17.2 Å². The Balaban J connectivity index is 1.97. The number of aromatic amines is 1. The van der Waals surface area contributed by atoms with E-state index in [2.05, 4.69) is 24.0 Å². The Labute approximate surface area is 125 Å². The number of rotatable bonds is 1. The lowest BCUT2D eigenvalue weighted by Gasteiger charge is -2.31. The first-order valence-corrected chi connectivity index (χ1v) is 7.47. The molecule has 1 aliphatic heterocycles. The topological polar surface area (TPSA) is 76.8 Å². The average Bonchev–Trinajstić information content (AvgIpc) is 3.04. The molecule has 2 aromatic heterocycles. The monoisotopic (exact) mass is 298 g/mol. The Morgan fingerprint density at radius 3 is 2.81 bits per heavy atom. The lowest BCUT2D eigenvalue weighted by molar-refractivity contribution is 0.109. The van der Waals surface area contributed by atoms with E-state index < -0.39 is 5.60 Å². The first-order chi connectivity index (χ1) is 10.1. The number of thiazole rings is 1. The van der Waals surface area contributed by atoms with Crippen LogP contribution in [0.5, 0.6) is 5.75 Å². The predicted molar refractivity (Wildman–Crippen MR) is 83.2 cm³/mol. The molecule has 21 heavy (non-hydrogen) atoms. The summed E-state index contributed by atoms with van der Waals surface area (Å²) in [6, 6.07) is 7.98. The molecule has 3 N–H and O–H groups in total. The second kappa shape index (κ2) is 4.08. The number of fused-ring (bicyclic) bond motifs is 3. The molecule has 0 unspecified atom stereocenters. The van der Waals surface area contributed by atoms with Gasteiger partial charge in [-0.25, -0.2) is 4.98 Å². The first kappa shape index (κ1) is 12.4. The predicted octanol–water partition coefficient (Wildman–Crippen LogP) is 3.41. The van der Waals surface area contributed by atoms with Crippen LogP contribution in [-0.2, 0) is 5.60 Å². The van der Waals surface area contributed by atoms with Crippen molar-refractivity contribution in [3.63, 3.8) is 0 Å². The number of nitrogens with one attached hydrogen (secondary N) is 1. The van der Waals surface area contributed by atoms with Gasteiger partial charge in [-0.1, -0.05) is 12.1 Å². The van der Waals surface area contributed by atoms with Crippen molar-refractivity contribution in [1.82, 2.24) is 15.2 Å². The van der Waals surface area contributed by atoms with Crippen molar-refractivity contribution in [2.75, 3.05) is 5.73 Å². The van der Waals surface area contributed by atoms with E-state index in [0.29, 0.717) is 5.82 Å². The van der Waals surface area contributed by atoms with Crippen LogP contribution in [0, 0.1) is 0 Å². The standard InChI is InChI=1S/C15H14N4OS/c1-15(2)12-11(8-5-3-4-6-10(8)20-15)18-14(21-12)9-7-17-19-13(9)16/h3-7H,1-2H3,(H3,16,17,19). The molecule has 3 heterocycles. The first-order valence-electron chi connectivity index (χ1n) is 6.65. The van der Waals surface area contributed by atoms with Gasteiger partial charge in [0.25, 0.3) is 0 Å². The summed E-state index contributed by atoms with van der Waals surface area (Å²) in [7, 11) is 0. The van der Waals surface area contributed by atoms with Crippen LogP contribution in [0.4, 0.5) is 5.82 Å². The molecule has 106 valence electrons. The lowest BCUT2D eigenvalue weighted by atomic mass is 9.97. The number of ether oxygens (including phenoxy) is 1. The number of nitrogens with two attached hydrogens (primary N) is 1. The van der Waals surface area contributed by atoms with Crippen molar-refractivity contribution in [2.45, 2.75) is 19.4 Å². The molecule has 1 aromatic carbocycles. The minimum atomic E-state index is -0.405. The molecule has 0 atom stereocenters. The second-order valence-electron chi connectivity index (χ2n) is 5.50. The van der Waals surface area contributed by atoms with Crippen LogP contribution < -0.4 is 10.5 Å². The third-order valence-electron chi connectivity index (χ3n) is 3.58. The summed E-state index contributed by atoms with van der Waals surface area (Å²) in [5.41, 5.74) is 8.34. The zero-order valence-electron chi connectivity index (χ0n) is 11.7. The zero-order valence-corrected chi connectivity index (χ0v) is 12.5. The molecule has 4 rings (SSSR count). The molecule has 1 aliphatic rings. The zero-order chi connectivity index (χ0) is 14.6. The maximum atomic E-state index is 6.12.